The fourth-order valence-electron chi connectivity index (χ4n) is 11.9. The molecule has 0 radical (unpaired) electrons. The number of rotatable bonds is 8. The van der Waals surface area contributed by atoms with Crippen molar-refractivity contribution in [1.82, 2.24) is 13.7 Å². The highest BCUT2D eigenvalue weighted by molar-refractivity contribution is 7.20. The summed E-state index contributed by atoms with van der Waals surface area (Å²) in [5.74, 6) is 0. The Hall–Kier alpha value is -8.96. The summed E-state index contributed by atoms with van der Waals surface area (Å²) < 4.78 is 7.45. The first kappa shape index (κ1) is 40.1. The van der Waals surface area contributed by atoms with E-state index >= 15 is 0 Å². The van der Waals surface area contributed by atoms with E-state index in [4.69, 9.17) is 0 Å². The summed E-state index contributed by atoms with van der Waals surface area (Å²) in [6.07, 6.45) is 0. The summed E-state index contributed by atoms with van der Waals surface area (Å²) in [6, 6.07) is 102. The zero-order valence-corrected chi connectivity index (χ0v) is 39.3. The lowest BCUT2D eigenvalue weighted by atomic mass is 10.00. The zero-order chi connectivity index (χ0) is 46.2. The molecular weight excluding hydrogens is 863 g/mol. The maximum absolute atomic E-state index is 3.06. The van der Waals surface area contributed by atoms with E-state index in [9.17, 15) is 0 Å². The van der Waals surface area contributed by atoms with Gasteiger partial charge in [-0.05, 0) is 81.4 Å². The molecule has 0 aliphatic rings. The van der Waals surface area contributed by atoms with Crippen LogP contribution in [0.25, 0.3) is 93.6 Å². The number of hydrogen-bond donors (Lipinski definition) is 0. The van der Waals surface area contributed by atoms with Gasteiger partial charge >= 0.3 is 0 Å². The fourth-order valence-corrected chi connectivity index (χ4v) is 16.7. The van der Waals surface area contributed by atoms with Crippen LogP contribution in [0, 0.1) is 0 Å². The minimum absolute atomic E-state index is 1.13. The van der Waals surface area contributed by atoms with Crippen LogP contribution in [0.5, 0.6) is 0 Å². The molecule has 0 spiro atoms. The van der Waals surface area contributed by atoms with Crippen molar-refractivity contribution in [3.63, 3.8) is 0 Å². The lowest BCUT2D eigenvalue weighted by Gasteiger charge is -2.35. The van der Waals surface area contributed by atoms with Crippen molar-refractivity contribution in [1.29, 1.82) is 0 Å². The highest BCUT2D eigenvalue weighted by atomic mass is 28.3. The second-order valence-corrected chi connectivity index (χ2v) is 22.2. The molecule has 70 heavy (non-hydrogen) atoms. The lowest BCUT2D eigenvalue weighted by molar-refractivity contribution is 1.17. The van der Waals surface area contributed by atoms with E-state index in [1.165, 1.54) is 97.3 Å². The van der Waals surface area contributed by atoms with Crippen LogP contribution in [-0.4, -0.2) is 21.8 Å². The van der Waals surface area contributed by atoms with Crippen molar-refractivity contribution in [3.8, 4) is 28.2 Å². The highest BCUT2D eigenvalue weighted by Gasteiger charge is 2.42. The predicted molar refractivity (Wildman–Crippen MR) is 299 cm³/mol. The summed E-state index contributed by atoms with van der Waals surface area (Å²) in [4.78, 5) is 0. The van der Waals surface area contributed by atoms with Gasteiger partial charge in [0.2, 0.25) is 0 Å². The maximum atomic E-state index is 2.54. The molecule has 0 atom stereocenters. The van der Waals surface area contributed by atoms with Gasteiger partial charge in [-0.25, -0.2) is 0 Å². The Kier molecular flexibility index (Phi) is 9.23. The van der Waals surface area contributed by atoms with E-state index in [1.54, 1.807) is 0 Å². The average Bonchev–Trinajstić information content (AvgIpc) is 4.08. The third-order valence-corrected chi connectivity index (χ3v) is 19.5. The van der Waals surface area contributed by atoms with Crippen molar-refractivity contribution in [2.24, 2.45) is 0 Å². The van der Waals surface area contributed by atoms with Crippen LogP contribution in [0.15, 0.2) is 273 Å². The molecule has 3 aromatic heterocycles. The molecule has 3 heterocycles. The first-order valence-electron chi connectivity index (χ1n) is 24.2. The molecule has 14 rings (SSSR count). The third kappa shape index (κ3) is 5.94. The first-order valence-corrected chi connectivity index (χ1v) is 26.2. The summed E-state index contributed by atoms with van der Waals surface area (Å²) in [7, 11) is -3.06. The Morgan fingerprint density at radius 1 is 0.229 bits per heavy atom. The number of hydrogen-bond acceptors (Lipinski definition) is 0. The summed E-state index contributed by atoms with van der Waals surface area (Å²) in [6.45, 7) is 0. The molecule has 4 heteroatoms. The monoisotopic (exact) mass is 907 g/mol. The number of aromatic nitrogens is 3. The van der Waals surface area contributed by atoms with Crippen molar-refractivity contribution in [3.05, 3.63) is 273 Å². The minimum Gasteiger partial charge on any atom is -0.309 e. The van der Waals surface area contributed by atoms with Crippen LogP contribution in [-0.2, 0) is 0 Å². The Morgan fingerprint density at radius 2 is 0.571 bits per heavy atom. The van der Waals surface area contributed by atoms with Gasteiger partial charge in [0, 0.05) is 54.8 Å². The number of benzene rings is 11. The van der Waals surface area contributed by atoms with Crippen LogP contribution in [0.2, 0.25) is 0 Å². The second-order valence-electron chi connectivity index (χ2n) is 18.4. The molecular formula is C66H45N3Si. The van der Waals surface area contributed by atoms with Gasteiger partial charge in [0.15, 0.2) is 8.07 Å². The summed E-state index contributed by atoms with van der Waals surface area (Å²) >= 11 is 0. The molecule has 0 aliphatic heterocycles. The van der Waals surface area contributed by atoms with Crippen LogP contribution < -0.4 is 20.7 Å². The maximum Gasteiger partial charge on any atom is 0.179 e. The molecule has 0 fully saturated rings. The smallest absolute Gasteiger partial charge is 0.179 e. The van der Waals surface area contributed by atoms with Crippen LogP contribution in [0.1, 0.15) is 0 Å². The number of nitrogens with zero attached hydrogens (tertiary/aromatic N) is 3. The number of para-hydroxylation sites is 7. The topological polar surface area (TPSA) is 14.8 Å². The molecule has 328 valence electrons. The average molecular weight is 908 g/mol. The van der Waals surface area contributed by atoms with Gasteiger partial charge in [-0.15, -0.1) is 0 Å². The van der Waals surface area contributed by atoms with Gasteiger partial charge in [0.1, 0.15) is 0 Å². The van der Waals surface area contributed by atoms with Crippen molar-refractivity contribution in [2.75, 3.05) is 0 Å². The highest BCUT2D eigenvalue weighted by Crippen LogP contribution is 2.42. The summed E-state index contributed by atoms with van der Waals surface area (Å²) in [5, 5.41) is 12.8. The first-order chi connectivity index (χ1) is 34.8. The lowest BCUT2D eigenvalue weighted by Crippen LogP contribution is -2.74. The molecule has 0 N–H and O–H groups in total. The largest absolute Gasteiger partial charge is 0.309 e. The van der Waals surface area contributed by atoms with Gasteiger partial charge in [-0.2, -0.15) is 0 Å². The third-order valence-electron chi connectivity index (χ3n) is 14.8. The molecule has 0 aliphatic carbocycles. The molecule has 3 nitrogen and oxygen atoms in total. The van der Waals surface area contributed by atoms with Gasteiger partial charge in [0.05, 0.1) is 38.8 Å². The van der Waals surface area contributed by atoms with Crippen molar-refractivity contribution < 1.29 is 0 Å². The van der Waals surface area contributed by atoms with E-state index in [-0.39, 0.29) is 0 Å². The molecule has 0 amide bonds. The minimum atomic E-state index is -3.06. The van der Waals surface area contributed by atoms with Crippen molar-refractivity contribution in [2.45, 2.75) is 0 Å². The van der Waals surface area contributed by atoms with Gasteiger partial charge in [0.25, 0.3) is 0 Å². The summed E-state index contributed by atoms with van der Waals surface area (Å²) in [5.41, 5.74) is 13.0. The Morgan fingerprint density at radius 3 is 1.09 bits per heavy atom. The van der Waals surface area contributed by atoms with E-state index in [2.05, 4.69) is 287 Å². The molecule has 0 saturated carbocycles. The zero-order valence-electron chi connectivity index (χ0n) is 38.3. The Balaban J connectivity index is 1.04. The van der Waals surface area contributed by atoms with Crippen LogP contribution in [0.3, 0.4) is 0 Å². The van der Waals surface area contributed by atoms with Crippen LogP contribution >= 0.6 is 0 Å². The van der Waals surface area contributed by atoms with E-state index in [0.717, 1.165) is 17.1 Å². The van der Waals surface area contributed by atoms with E-state index < -0.39 is 8.07 Å². The van der Waals surface area contributed by atoms with E-state index in [1.807, 2.05) is 0 Å². The Bertz CT molecular complexity index is 4160. The second kappa shape index (κ2) is 16.1. The normalized spacial score (nSPS) is 12.0. The predicted octanol–water partition coefficient (Wildman–Crippen LogP) is 14.0. The van der Waals surface area contributed by atoms with E-state index in [0.29, 0.717) is 0 Å². The Labute approximate surface area is 407 Å². The molecule has 14 aromatic rings. The number of fused-ring (bicyclic) bond motifs is 9. The molecule has 11 aromatic carbocycles. The van der Waals surface area contributed by atoms with Crippen molar-refractivity contribution >= 4 is 94.2 Å². The fraction of sp³-hybridized carbons (Fsp3) is 0. The quantitative estimate of drug-likeness (QED) is 0.107. The van der Waals surface area contributed by atoms with Gasteiger partial charge in [-0.1, -0.05) is 212 Å². The molecule has 0 unspecified atom stereocenters. The van der Waals surface area contributed by atoms with Gasteiger partial charge < -0.3 is 13.7 Å². The SMILES string of the molecule is c1ccc([Si](c2ccccc2)(c2cccc(-n3c4ccccc4c4ccccc43)c2)c2cccc(-n3c4ccccc4c4cccc(-c5ccccc5-n5c6ccccc6c6ccccc65)c43)c2)cc1. The van der Waals surface area contributed by atoms with Gasteiger partial charge in [-0.3, -0.25) is 0 Å². The molecule has 0 saturated heterocycles. The van der Waals surface area contributed by atoms with Crippen LogP contribution in [0.4, 0.5) is 0 Å². The standard InChI is InChI=1S/C66H45N3Si/c1-3-24-48(25-4-1)70(49-26-5-2-6-27-49,50-28-19-22-46(44-50)67-60-38-13-7-30-52(60)53-31-8-14-39-61(53)67)51-29-20-23-47(45-51)68-62-40-15-11-34-56(62)58-36-21-37-59(66(58)68)57-35-12-18-43-65(57)69-63-41-16-9-32-54(63)55-33-10-17-42-64(55)69/h1-45H. The molecule has 0 bridgehead atoms.